The molecule has 0 spiro atoms. The Morgan fingerprint density at radius 1 is 0.906 bits per heavy atom. The van der Waals surface area contributed by atoms with Crippen molar-refractivity contribution >= 4 is 18.0 Å². The third-order valence-electron chi connectivity index (χ3n) is 9.32. The lowest BCUT2D eigenvalue weighted by Crippen LogP contribution is -2.23. The standard InChI is InChI=1S/C41H49NO11/c1-50-39-25-30(18-23-40(46)51-27-31-12-9-13-32(24-31)28-52-42(48)49)17-22-38(39)53-41(47)15-8-3-2-7-14-34-35(37(45)26-36(34)44)21-20-33(43)19-16-29-10-5-4-6-11-29/h2,4-7,9-13,17-18,22-25,33-37,43-45H,3,8,14-16,19-21,26-28H2,1H3/b7-2-,23-18+/t33-,34+,35+,36-,37+/m0/s1. The van der Waals surface area contributed by atoms with Crippen LogP contribution in [0.15, 0.2) is 91.0 Å². The van der Waals surface area contributed by atoms with Gasteiger partial charge in [-0.3, -0.25) is 4.79 Å². The zero-order valence-corrected chi connectivity index (χ0v) is 30.0. The zero-order valence-electron chi connectivity index (χ0n) is 30.0. The van der Waals surface area contributed by atoms with Crippen molar-refractivity contribution in [1.29, 1.82) is 0 Å². The van der Waals surface area contributed by atoms with Crippen molar-refractivity contribution in [2.45, 2.75) is 89.3 Å². The maximum atomic E-state index is 12.6. The number of benzene rings is 3. The van der Waals surface area contributed by atoms with Gasteiger partial charge in [-0.2, -0.15) is 0 Å². The highest BCUT2D eigenvalue weighted by Crippen LogP contribution is 2.38. The Morgan fingerprint density at radius 3 is 2.40 bits per heavy atom. The van der Waals surface area contributed by atoms with Crippen molar-refractivity contribution in [2.75, 3.05) is 7.11 Å². The maximum absolute atomic E-state index is 12.6. The van der Waals surface area contributed by atoms with Gasteiger partial charge in [0, 0.05) is 12.5 Å². The summed E-state index contributed by atoms with van der Waals surface area (Å²) in [7, 11) is 1.45. The van der Waals surface area contributed by atoms with Gasteiger partial charge in [0.05, 0.1) is 25.4 Å². The number of ether oxygens (including phenoxy) is 3. The van der Waals surface area contributed by atoms with Gasteiger partial charge in [-0.05, 0) is 104 Å². The second-order valence-corrected chi connectivity index (χ2v) is 13.2. The highest BCUT2D eigenvalue weighted by Gasteiger charge is 2.40. The van der Waals surface area contributed by atoms with Crippen LogP contribution in [0.5, 0.6) is 11.5 Å². The number of rotatable bonds is 21. The lowest BCUT2D eigenvalue weighted by molar-refractivity contribution is -0.763. The molecule has 3 N–H and O–H groups in total. The smallest absolute Gasteiger partial charge is 0.331 e. The van der Waals surface area contributed by atoms with Crippen molar-refractivity contribution in [2.24, 2.45) is 11.8 Å². The summed E-state index contributed by atoms with van der Waals surface area (Å²) in [5, 5.41) is 41.3. The number of aliphatic hydroxyl groups excluding tert-OH is 3. The predicted molar refractivity (Wildman–Crippen MR) is 197 cm³/mol. The Labute approximate surface area is 309 Å². The summed E-state index contributed by atoms with van der Waals surface area (Å²) < 4.78 is 16.2. The van der Waals surface area contributed by atoms with Crippen LogP contribution in [0, 0.1) is 22.0 Å². The molecule has 1 saturated carbocycles. The van der Waals surface area contributed by atoms with Crippen LogP contribution in [0.3, 0.4) is 0 Å². The third kappa shape index (κ3) is 14.1. The highest BCUT2D eigenvalue weighted by atomic mass is 16.9. The summed E-state index contributed by atoms with van der Waals surface area (Å²) in [5.74, 6) is -0.613. The molecule has 12 nitrogen and oxygen atoms in total. The molecule has 53 heavy (non-hydrogen) atoms. The van der Waals surface area contributed by atoms with E-state index in [1.54, 1.807) is 42.5 Å². The minimum atomic E-state index is -0.872. The van der Waals surface area contributed by atoms with Gasteiger partial charge in [0.1, 0.15) is 13.2 Å². The number of methoxy groups -OCH3 is 1. The molecule has 3 aromatic rings. The molecule has 1 aliphatic carbocycles. The first-order chi connectivity index (χ1) is 25.6. The molecule has 0 radical (unpaired) electrons. The van der Waals surface area contributed by atoms with E-state index in [1.165, 1.54) is 24.8 Å². The first-order valence-electron chi connectivity index (χ1n) is 17.9. The summed E-state index contributed by atoms with van der Waals surface area (Å²) >= 11 is 0. The first-order valence-corrected chi connectivity index (χ1v) is 17.9. The Balaban J connectivity index is 1.15. The highest BCUT2D eigenvalue weighted by molar-refractivity contribution is 5.87. The van der Waals surface area contributed by atoms with Gasteiger partial charge in [0.2, 0.25) is 0 Å². The molecule has 0 bridgehead atoms. The van der Waals surface area contributed by atoms with E-state index in [2.05, 4.69) is 4.84 Å². The lowest BCUT2D eigenvalue weighted by atomic mass is 9.85. The van der Waals surface area contributed by atoms with E-state index in [4.69, 9.17) is 14.2 Å². The Hall–Kier alpha value is -5.04. The fraction of sp³-hybridized carbons (Fsp3) is 0.415. The average Bonchev–Trinajstić information content (AvgIpc) is 3.43. The van der Waals surface area contributed by atoms with Gasteiger partial charge >= 0.3 is 11.9 Å². The van der Waals surface area contributed by atoms with E-state index >= 15 is 0 Å². The molecule has 12 heteroatoms. The second kappa shape index (κ2) is 21.5. The van der Waals surface area contributed by atoms with Crippen molar-refractivity contribution in [3.63, 3.8) is 0 Å². The molecular formula is C41H49NO11. The fourth-order valence-electron chi connectivity index (χ4n) is 6.50. The van der Waals surface area contributed by atoms with E-state index < -0.39 is 35.3 Å². The summed E-state index contributed by atoms with van der Waals surface area (Å²) in [5.41, 5.74) is 3.02. The summed E-state index contributed by atoms with van der Waals surface area (Å²) in [6.07, 6.45) is 10.1. The molecule has 0 aromatic heterocycles. The Bertz CT molecular complexity index is 1680. The largest absolute Gasteiger partial charge is 0.493 e. The van der Waals surface area contributed by atoms with Crippen LogP contribution >= 0.6 is 0 Å². The van der Waals surface area contributed by atoms with Crippen LogP contribution in [0.1, 0.15) is 73.6 Å². The minimum Gasteiger partial charge on any atom is -0.493 e. The van der Waals surface area contributed by atoms with Gasteiger partial charge in [0.15, 0.2) is 11.5 Å². The number of hydrogen-bond donors (Lipinski definition) is 3. The molecule has 0 amide bonds. The van der Waals surface area contributed by atoms with Gasteiger partial charge in [-0.1, -0.05) is 72.8 Å². The first kappa shape index (κ1) is 40.7. The quantitative estimate of drug-likeness (QED) is 0.0213. The fourth-order valence-corrected chi connectivity index (χ4v) is 6.50. The summed E-state index contributed by atoms with van der Waals surface area (Å²) in [6.45, 7) is -0.232. The summed E-state index contributed by atoms with van der Waals surface area (Å²) in [4.78, 5) is 39.6. The van der Waals surface area contributed by atoms with Crippen molar-refractivity contribution in [3.05, 3.63) is 123 Å². The predicted octanol–water partition coefficient (Wildman–Crippen LogP) is 6.31. The van der Waals surface area contributed by atoms with E-state index in [0.29, 0.717) is 67.4 Å². The molecule has 1 aliphatic rings. The van der Waals surface area contributed by atoms with E-state index in [-0.39, 0.29) is 37.2 Å². The van der Waals surface area contributed by atoms with Gasteiger partial charge < -0.3 is 34.4 Å². The van der Waals surface area contributed by atoms with Crippen LogP contribution < -0.4 is 9.47 Å². The van der Waals surface area contributed by atoms with Crippen LogP contribution in [0.4, 0.5) is 0 Å². The molecule has 1 fully saturated rings. The van der Waals surface area contributed by atoms with E-state index in [1.807, 2.05) is 42.5 Å². The average molecular weight is 732 g/mol. The van der Waals surface area contributed by atoms with E-state index in [0.717, 1.165) is 6.42 Å². The van der Waals surface area contributed by atoms with Crippen LogP contribution in [-0.2, 0) is 38.8 Å². The molecule has 0 unspecified atom stereocenters. The Kier molecular flexibility index (Phi) is 16.5. The zero-order chi connectivity index (χ0) is 38.0. The van der Waals surface area contributed by atoms with Crippen molar-refractivity contribution in [1.82, 2.24) is 0 Å². The van der Waals surface area contributed by atoms with E-state index in [9.17, 15) is 35.0 Å². The number of carbonyl (C=O) groups excluding carboxylic acids is 2. The lowest BCUT2D eigenvalue weighted by Gasteiger charge is -2.23. The number of aliphatic hydroxyl groups is 3. The SMILES string of the molecule is COc1cc(/C=C/C(=O)OCc2cccc(CO[N+](=O)[O-])c2)ccc1OC(=O)CCC/C=C\C[C@@H]1[C@@H](CC[C@@H](O)CCc2ccccc2)[C@H](O)C[C@@H]1O. The van der Waals surface area contributed by atoms with Crippen molar-refractivity contribution in [3.8, 4) is 11.5 Å². The molecule has 4 rings (SSSR count). The Morgan fingerprint density at radius 2 is 1.64 bits per heavy atom. The number of unbranched alkanes of at least 4 members (excludes halogenated alkanes) is 1. The summed E-state index contributed by atoms with van der Waals surface area (Å²) in [6, 6.07) is 21.6. The molecule has 3 aromatic carbocycles. The van der Waals surface area contributed by atoms with Gasteiger partial charge in [-0.15, -0.1) is 10.1 Å². The number of aryl methyl sites for hydroxylation is 1. The van der Waals surface area contributed by atoms with Crippen molar-refractivity contribution < 1.29 is 49.0 Å². The maximum Gasteiger partial charge on any atom is 0.331 e. The van der Waals surface area contributed by atoms with Crippen LogP contribution in [0.2, 0.25) is 0 Å². The molecule has 0 saturated heterocycles. The topological polar surface area (TPSA) is 175 Å². The number of hydrogen-bond acceptors (Lipinski definition) is 11. The number of nitrogens with zero attached hydrogens (tertiary/aromatic N) is 1. The van der Waals surface area contributed by atoms with Gasteiger partial charge in [-0.25, -0.2) is 4.79 Å². The molecule has 0 heterocycles. The number of allylic oxidation sites excluding steroid dienone is 2. The molecule has 284 valence electrons. The molecular weight excluding hydrogens is 682 g/mol. The van der Waals surface area contributed by atoms with Crippen LogP contribution in [0.25, 0.3) is 6.08 Å². The van der Waals surface area contributed by atoms with Crippen LogP contribution in [-0.4, -0.2) is 57.8 Å². The molecule has 0 aliphatic heterocycles. The number of esters is 2. The normalized spacial score (nSPS) is 18.9. The van der Waals surface area contributed by atoms with Gasteiger partial charge in [0.25, 0.3) is 5.09 Å². The number of carbonyl (C=O) groups is 2. The monoisotopic (exact) mass is 731 g/mol. The molecule has 5 atom stereocenters. The second-order valence-electron chi connectivity index (χ2n) is 13.2. The minimum absolute atomic E-state index is 0.0281. The third-order valence-corrected chi connectivity index (χ3v) is 9.32.